The lowest BCUT2D eigenvalue weighted by molar-refractivity contribution is 0.102. The van der Waals surface area contributed by atoms with Gasteiger partial charge >= 0.3 is 0 Å². The van der Waals surface area contributed by atoms with Gasteiger partial charge in [0.1, 0.15) is 0 Å². The second-order valence-corrected chi connectivity index (χ2v) is 5.75. The first-order chi connectivity index (χ1) is 8.00. The molecule has 1 aromatic rings. The zero-order valence-corrected chi connectivity index (χ0v) is 11.1. The Morgan fingerprint density at radius 1 is 1.53 bits per heavy atom. The van der Waals surface area contributed by atoms with Crippen LogP contribution in [0.15, 0.2) is 12.2 Å². The van der Waals surface area contributed by atoms with Crippen LogP contribution >= 0.6 is 11.3 Å². The molecule has 92 valence electrons. The number of ketones is 1. The molecule has 3 nitrogen and oxygen atoms in total. The van der Waals surface area contributed by atoms with E-state index in [1.54, 1.807) is 6.92 Å². The standard InChI is InChI=1S/C13H18N2OS/c1-7(2)6-15-13-10(9-4-5-9)11(14)12(17-13)8(3)16/h9,15H,1,4-6,14H2,2-3H3. The van der Waals surface area contributed by atoms with E-state index in [1.165, 1.54) is 24.2 Å². The molecule has 0 aromatic carbocycles. The molecule has 0 radical (unpaired) electrons. The minimum Gasteiger partial charge on any atom is -0.397 e. The highest BCUT2D eigenvalue weighted by molar-refractivity contribution is 7.18. The van der Waals surface area contributed by atoms with Gasteiger partial charge in [0.25, 0.3) is 0 Å². The third kappa shape index (κ3) is 2.52. The third-order valence-electron chi connectivity index (χ3n) is 2.84. The fourth-order valence-corrected chi connectivity index (χ4v) is 2.96. The van der Waals surface area contributed by atoms with Gasteiger partial charge in [0.15, 0.2) is 5.78 Å². The van der Waals surface area contributed by atoms with Crippen molar-refractivity contribution < 1.29 is 4.79 Å². The molecule has 4 heteroatoms. The normalized spacial score (nSPS) is 14.7. The highest BCUT2D eigenvalue weighted by Gasteiger charge is 2.32. The molecule has 0 atom stereocenters. The second kappa shape index (κ2) is 4.53. The molecule has 0 amide bonds. The van der Waals surface area contributed by atoms with Gasteiger partial charge < -0.3 is 11.1 Å². The number of carbonyl (C=O) groups excluding carboxylic acids is 1. The van der Waals surface area contributed by atoms with E-state index in [-0.39, 0.29) is 5.78 Å². The molecule has 0 aliphatic heterocycles. The predicted molar refractivity (Wildman–Crippen MR) is 74.0 cm³/mol. The molecule has 0 unspecified atom stereocenters. The Bertz CT molecular complexity index is 472. The Hall–Kier alpha value is -1.29. The summed E-state index contributed by atoms with van der Waals surface area (Å²) in [6, 6.07) is 0. The quantitative estimate of drug-likeness (QED) is 0.622. The second-order valence-electron chi connectivity index (χ2n) is 4.73. The van der Waals surface area contributed by atoms with Crippen LogP contribution in [0.25, 0.3) is 0 Å². The summed E-state index contributed by atoms with van der Waals surface area (Å²) in [7, 11) is 0. The van der Waals surface area contributed by atoms with Crippen LogP contribution in [0.3, 0.4) is 0 Å². The van der Waals surface area contributed by atoms with Gasteiger partial charge in [0.05, 0.1) is 15.6 Å². The van der Waals surface area contributed by atoms with Crippen molar-refractivity contribution in [1.82, 2.24) is 0 Å². The van der Waals surface area contributed by atoms with E-state index in [2.05, 4.69) is 11.9 Å². The van der Waals surface area contributed by atoms with Crippen LogP contribution in [0.1, 0.15) is 47.8 Å². The number of thiophene rings is 1. The SMILES string of the molecule is C=C(C)CNc1sc(C(C)=O)c(N)c1C1CC1. The van der Waals surface area contributed by atoms with Crippen LogP contribution in [0, 0.1) is 0 Å². The van der Waals surface area contributed by atoms with E-state index in [0.717, 1.165) is 22.7 Å². The van der Waals surface area contributed by atoms with Crippen molar-refractivity contribution in [3.8, 4) is 0 Å². The summed E-state index contributed by atoms with van der Waals surface area (Å²) < 4.78 is 0. The molecule has 1 fully saturated rings. The summed E-state index contributed by atoms with van der Waals surface area (Å²) in [4.78, 5) is 12.2. The Morgan fingerprint density at radius 2 is 2.18 bits per heavy atom. The fraction of sp³-hybridized carbons (Fsp3) is 0.462. The topological polar surface area (TPSA) is 55.1 Å². The maximum Gasteiger partial charge on any atom is 0.171 e. The monoisotopic (exact) mass is 250 g/mol. The molecule has 1 aliphatic carbocycles. The summed E-state index contributed by atoms with van der Waals surface area (Å²) >= 11 is 1.48. The van der Waals surface area contributed by atoms with E-state index in [1.807, 2.05) is 6.92 Å². The third-order valence-corrected chi connectivity index (χ3v) is 4.12. The maximum atomic E-state index is 11.5. The first-order valence-electron chi connectivity index (χ1n) is 5.82. The van der Waals surface area contributed by atoms with Gasteiger partial charge in [0, 0.05) is 19.0 Å². The summed E-state index contributed by atoms with van der Waals surface area (Å²) in [5.41, 5.74) is 9.00. The summed E-state index contributed by atoms with van der Waals surface area (Å²) in [6.07, 6.45) is 2.36. The minimum absolute atomic E-state index is 0.0535. The zero-order valence-electron chi connectivity index (χ0n) is 10.3. The van der Waals surface area contributed by atoms with Crippen LogP contribution in [0.2, 0.25) is 0 Å². The van der Waals surface area contributed by atoms with Crippen LogP contribution < -0.4 is 11.1 Å². The molecule has 1 saturated carbocycles. The smallest absolute Gasteiger partial charge is 0.171 e. The van der Waals surface area contributed by atoms with Crippen molar-refractivity contribution in [2.75, 3.05) is 17.6 Å². The van der Waals surface area contributed by atoms with Crippen molar-refractivity contribution in [2.45, 2.75) is 32.6 Å². The molecule has 3 N–H and O–H groups in total. The Balaban J connectivity index is 2.32. The van der Waals surface area contributed by atoms with Crippen LogP contribution in [-0.2, 0) is 0 Å². The van der Waals surface area contributed by atoms with Gasteiger partial charge in [0.2, 0.25) is 0 Å². The first-order valence-corrected chi connectivity index (χ1v) is 6.63. The van der Waals surface area contributed by atoms with Crippen LogP contribution in [0.4, 0.5) is 10.7 Å². The molecule has 17 heavy (non-hydrogen) atoms. The van der Waals surface area contributed by atoms with E-state index in [0.29, 0.717) is 16.5 Å². The van der Waals surface area contributed by atoms with Gasteiger partial charge in [-0.3, -0.25) is 4.79 Å². The lowest BCUT2D eigenvalue weighted by atomic mass is 10.1. The molecule has 0 saturated heterocycles. The molecule has 0 spiro atoms. The summed E-state index contributed by atoms with van der Waals surface area (Å²) in [5, 5.41) is 4.39. The highest BCUT2D eigenvalue weighted by atomic mass is 32.1. The average molecular weight is 250 g/mol. The van der Waals surface area contributed by atoms with Crippen LogP contribution in [-0.4, -0.2) is 12.3 Å². The van der Waals surface area contributed by atoms with Gasteiger partial charge in [-0.2, -0.15) is 0 Å². The molecular formula is C13H18N2OS. The lowest BCUT2D eigenvalue weighted by Crippen LogP contribution is -2.02. The number of nitrogens with one attached hydrogen (secondary N) is 1. The lowest BCUT2D eigenvalue weighted by Gasteiger charge is -2.06. The van der Waals surface area contributed by atoms with Gasteiger partial charge in [-0.15, -0.1) is 11.3 Å². The largest absolute Gasteiger partial charge is 0.397 e. The number of nitrogens with two attached hydrogens (primary N) is 1. The number of hydrogen-bond acceptors (Lipinski definition) is 4. The Kier molecular flexibility index (Phi) is 3.24. The first kappa shape index (κ1) is 12.2. The van der Waals surface area contributed by atoms with Gasteiger partial charge in [-0.05, 0) is 25.7 Å². The number of Topliss-reactive ketones (excluding diaryl/α,β-unsaturated/α-hetero) is 1. The highest BCUT2D eigenvalue weighted by Crippen LogP contribution is 2.50. The van der Waals surface area contributed by atoms with E-state index in [4.69, 9.17) is 5.73 Å². The van der Waals surface area contributed by atoms with Crippen molar-refractivity contribution in [3.05, 3.63) is 22.6 Å². The molecular weight excluding hydrogens is 232 g/mol. The van der Waals surface area contributed by atoms with Crippen molar-refractivity contribution >= 4 is 27.8 Å². The Labute approximate surface area is 106 Å². The minimum atomic E-state index is 0.0535. The molecule has 1 aromatic heterocycles. The number of anilines is 2. The maximum absolute atomic E-state index is 11.5. The average Bonchev–Trinajstić information content (AvgIpc) is 3.00. The van der Waals surface area contributed by atoms with Crippen LogP contribution in [0.5, 0.6) is 0 Å². The molecule has 2 rings (SSSR count). The number of hydrogen-bond donors (Lipinski definition) is 2. The summed E-state index contributed by atoms with van der Waals surface area (Å²) in [5.74, 6) is 0.602. The van der Waals surface area contributed by atoms with Crippen molar-refractivity contribution in [2.24, 2.45) is 0 Å². The predicted octanol–water partition coefficient (Wildman–Crippen LogP) is 3.40. The number of carbonyl (C=O) groups is 1. The Morgan fingerprint density at radius 3 is 2.65 bits per heavy atom. The van der Waals surface area contributed by atoms with Gasteiger partial charge in [-0.1, -0.05) is 12.2 Å². The molecule has 0 bridgehead atoms. The fourth-order valence-electron chi connectivity index (χ4n) is 1.86. The van der Waals surface area contributed by atoms with E-state index in [9.17, 15) is 4.79 Å². The zero-order chi connectivity index (χ0) is 12.6. The van der Waals surface area contributed by atoms with Crippen molar-refractivity contribution in [1.29, 1.82) is 0 Å². The number of nitrogen functional groups attached to an aromatic ring is 1. The van der Waals surface area contributed by atoms with E-state index >= 15 is 0 Å². The number of rotatable bonds is 5. The molecule has 1 aliphatic rings. The van der Waals surface area contributed by atoms with Gasteiger partial charge in [-0.25, -0.2) is 0 Å². The van der Waals surface area contributed by atoms with Crippen molar-refractivity contribution in [3.63, 3.8) is 0 Å². The summed E-state index contributed by atoms with van der Waals surface area (Å²) in [6.45, 7) is 8.15. The molecule has 1 heterocycles. The van der Waals surface area contributed by atoms with E-state index < -0.39 is 0 Å².